The van der Waals surface area contributed by atoms with Crippen molar-refractivity contribution >= 4 is 11.8 Å². The van der Waals surface area contributed by atoms with Crippen molar-refractivity contribution in [1.29, 1.82) is 0 Å². The fourth-order valence-electron chi connectivity index (χ4n) is 1.32. The van der Waals surface area contributed by atoms with Gasteiger partial charge in [0.2, 0.25) is 0 Å². The predicted molar refractivity (Wildman–Crippen MR) is 64.8 cm³/mol. The van der Waals surface area contributed by atoms with Gasteiger partial charge in [0.1, 0.15) is 5.82 Å². The van der Waals surface area contributed by atoms with E-state index in [1.807, 2.05) is 6.07 Å². The van der Waals surface area contributed by atoms with Gasteiger partial charge in [-0.2, -0.15) is 0 Å². The zero-order valence-corrected chi connectivity index (χ0v) is 10.3. The zero-order chi connectivity index (χ0) is 11.3. The summed E-state index contributed by atoms with van der Waals surface area (Å²) in [4.78, 5) is 0.786. The van der Waals surface area contributed by atoms with E-state index >= 15 is 0 Å². The largest absolute Gasteiger partial charge is 0.313 e. The maximum absolute atomic E-state index is 13.6. The Balaban J connectivity index is 2.87. The first-order valence-electron chi connectivity index (χ1n) is 5.30. The Morgan fingerprint density at radius 2 is 2.13 bits per heavy atom. The molecule has 0 aromatic heterocycles. The highest BCUT2D eigenvalue weighted by molar-refractivity contribution is 8.00. The van der Waals surface area contributed by atoms with Crippen molar-refractivity contribution in [3.05, 3.63) is 29.6 Å². The van der Waals surface area contributed by atoms with Crippen LogP contribution >= 0.6 is 11.8 Å². The van der Waals surface area contributed by atoms with Crippen LogP contribution in [0.25, 0.3) is 0 Å². The lowest BCUT2D eigenvalue weighted by Gasteiger charge is -2.12. The summed E-state index contributed by atoms with van der Waals surface area (Å²) in [6.45, 7) is 7.85. The second-order valence-corrected chi connectivity index (χ2v) is 5.26. The molecular weight excluding hydrogens is 209 g/mol. The first kappa shape index (κ1) is 12.5. The van der Waals surface area contributed by atoms with Crippen LogP contribution in [-0.2, 0) is 6.54 Å². The molecule has 0 atom stereocenters. The number of hydrogen-bond donors (Lipinski definition) is 1. The van der Waals surface area contributed by atoms with Crippen LogP contribution in [0.2, 0.25) is 0 Å². The molecule has 1 nitrogen and oxygen atoms in total. The van der Waals surface area contributed by atoms with Gasteiger partial charge in [-0.3, -0.25) is 0 Å². The van der Waals surface area contributed by atoms with Crippen LogP contribution < -0.4 is 5.32 Å². The maximum atomic E-state index is 13.6. The van der Waals surface area contributed by atoms with Crippen LogP contribution in [0.4, 0.5) is 4.39 Å². The van der Waals surface area contributed by atoms with E-state index in [4.69, 9.17) is 0 Å². The molecule has 0 aliphatic heterocycles. The van der Waals surface area contributed by atoms with Gasteiger partial charge in [-0.15, -0.1) is 11.8 Å². The Morgan fingerprint density at radius 1 is 1.40 bits per heavy atom. The highest BCUT2D eigenvalue weighted by Crippen LogP contribution is 2.29. The summed E-state index contributed by atoms with van der Waals surface area (Å²) < 4.78 is 13.6. The molecule has 1 aromatic rings. The second-order valence-electron chi connectivity index (χ2n) is 3.68. The lowest BCUT2D eigenvalue weighted by atomic mass is 10.2. The molecule has 0 bridgehead atoms. The second kappa shape index (κ2) is 6.13. The summed E-state index contributed by atoms with van der Waals surface area (Å²) in [6, 6.07) is 5.28. The van der Waals surface area contributed by atoms with E-state index in [9.17, 15) is 4.39 Å². The van der Waals surface area contributed by atoms with E-state index in [1.165, 1.54) is 6.07 Å². The first-order valence-corrected chi connectivity index (χ1v) is 6.17. The van der Waals surface area contributed by atoms with Gasteiger partial charge in [0.15, 0.2) is 0 Å². The molecular formula is C12H18FNS. The Labute approximate surface area is 95.5 Å². The van der Waals surface area contributed by atoms with Crippen LogP contribution in [-0.4, -0.2) is 11.8 Å². The molecule has 1 N–H and O–H groups in total. The van der Waals surface area contributed by atoms with Crippen molar-refractivity contribution in [1.82, 2.24) is 5.32 Å². The average Bonchev–Trinajstić information content (AvgIpc) is 2.18. The number of thioether (sulfide) groups is 1. The van der Waals surface area contributed by atoms with Crippen molar-refractivity contribution in [2.75, 3.05) is 6.54 Å². The van der Waals surface area contributed by atoms with Gasteiger partial charge < -0.3 is 5.32 Å². The molecule has 15 heavy (non-hydrogen) atoms. The number of benzene rings is 1. The monoisotopic (exact) mass is 227 g/mol. The lowest BCUT2D eigenvalue weighted by molar-refractivity contribution is 0.591. The molecule has 0 saturated carbocycles. The molecule has 0 unspecified atom stereocenters. The standard InChI is InChI=1S/C12H18FNS/c1-4-14-8-10-6-5-7-11(13)12(10)15-9(2)3/h5-7,9,14H,4,8H2,1-3H3. The van der Waals surface area contributed by atoms with Crippen molar-refractivity contribution in [2.24, 2.45) is 0 Å². The van der Waals surface area contributed by atoms with Crippen LogP contribution in [0.15, 0.2) is 23.1 Å². The normalized spacial score (nSPS) is 11.0. The van der Waals surface area contributed by atoms with E-state index in [-0.39, 0.29) is 5.82 Å². The minimum atomic E-state index is -0.107. The van der Waals surface area contributed by atoms with Gasteiger partial charge in [-0.25, -0.2) is 4.39 Å². The van der Waals surface area contributed by atoms with E-state index < -0.39 is 0 Å². The van der Waals surface area contributed by atoms with E-state index in [2.05, 4.69) is 26.1 Å². The molecule has 1 rings (SSSR count). The molecule has 0 saturated heterocycles. The van der Waals surface area contributed by atoms with Gasteiger partial charge in [-0.05, 0) is 18.2 Å². The Kier molecular flexibility index (Phi) is 5.12. The van der Waals surface area contributed by atoms with Crippen LogP contribution in [0.5, 0.6) is 0 Å². The van der Waals surface area contributed by atoms with Gasteiger partial charge >= 0.3 is 0 Å². The quantitative estimate of drug-likeness (QED) is 0.773. The highest BCUT2D eigenvalue weighted by atomic mass is 32.2. The van der Waals surface area contributed by atoms with Crippen molar-refractivity contribution in [3.63, 3.8) is 0 Å². The third-order valence-electron chi connectivity index (χ3n) is 1.97. The first-order chi connectivity index (χ1) is 7.15. The predicted octanol–water partition coefficient (Wildman–Crippen LogP) is 3.44. The smallest absolute Gasteiger partial charge is 0.137 e. The Morgan fingerprint density at radius 3 is 2.73 bits per heavy atom. The summed E-state index contributed by atoms with van der Waals surface area (Å²) >= 11 is 1.59. The molecule has 3 heteroatoms. The van der Waals surface area contributed by atoms with Gasteiger partial charge in [0.25, 0.3) is 0 Å². The fraction of sp³-hybridized carbons (Fsp3) is 0.500. The average molecular weight is 227 g/mol. The molecule has 0 radical (unpaired) electrons. The third-order valence-corrected chi connectivity index (χ3v) is 3.13. The number of nitrogens with one attached hydrogen (secondary N) is 1. The van der Waals surface area contributed by atoms with Crippen LogP contribution in [0.1, 0.15) is 26.3 Å². The highest BCUT2D eigenvalue weighted by Gasteiger charge is 2.10. The molecule has 0 aliphatic carbocycles. The van der Waals surface area contributed by atoms with Crippen molar-refractivity contribution < 1.29 is 4.39 Å². The minimum absolute atomic E-state index is 0.107. The van der Waals surface area contributed by atoms with Gasteiger partial charge in [-0.1, -0.05) is 32.9 Å². The SMILES string of the molecule is CCNCc1cccc(F)c1SC(C)C. The molecule has 0 fully saturated rings. The molecule has 0 aliphatic rings. The van der Waals surface area contributed by atoms with E-state index in [0.29, 0.717) is 5.25 Å². The number of halogens is 1. The molecule has 1 aromatic carbocycles. The van der Waals surface area contributed by atoms with Crippen molar-refractivity contribution in [2.45, 2.75) is 37.5 Å². The van der Waals surface area contributed by atoms with Crippen molar-refractivity contribution in [3.8, 4) is 0 Å². The number of hydrogen-bond acceptors (Lipinski definition) is 2. The number of rotatable bonds is 5. The summed E-state index contributed by atoms with van der Waals surface area (Å²) in [5, 5.41) is 3.63. The Hall–Kier alpha value is -0.540. The van der Waals surface area contributed by atoms with Crippen LogP contribution in [0, 0.1) is 5.82 Å². The molecule has 0 spiro atoms. The summed E-state index contributed by atoms with van der Waals surface area (Å²) in [7, 11) is 0. The Bertz CT molecular complexity index is 312. The topological polar surface area (TPSA) is 12.0 Å². The summed E-state index contributed by atoms with van der Waals surface area (Å²) in [5.41, 5.74) is 1.05. The third kappa shape index (κ3) is 3.84. The summed E-state index contributed by atoms with van der Waals surface area (Å²) in [5.74, 6) is -0.107. The van der Waals surface area contributed by atoms with Crippen LogP contribution in [0.3, 0.4) is 0 Å². The van der Waals surface area contributed by atoms with E-state index in [1.54, 1.807) is 17.8 Å². The lowest BCUT2D eigenvalue weighted by Crippen LogP contribution is -2.13. The van der Waals surface area contributed by atoms with Gasteiger partial charge in [0, 0.05) is 16.7 Å². The fourth-order valence-corrected chi connectivity index (χ4v) is 2.26. The zero-order valence-electron chi connectivity index (χ0n) is 9.51. The maximum Gasteiger partial charge on any atom is 0.137 e. The molecule has 0 amide bonds. The van der Waals surface area contributed by atoms with E-state index in [0.717, 1.165) is 23.5 Å². The molecule has 84 valence electrons. The van der Waals surface area contributed by atoms with Gasteiger partial charge in [0.05, 0.1) is 0 Å². The molecule has 0 heterocycles. The minimum Gasteiger partial charge on any atom is -0.313 e. The summed E-state index contributed by atoms with van der Waals surface area (Å²) in [6.07, 6.45) is 0.